The quantitative estimate of drug-likeness (QED) is 0.615. The summed E-state index contributed by atoms with van der Waals surface area (Å²) in [7, 11) is 0. The number of carbonyl (C=O) groups excluding carboxylic acids is 2. The minimum Gasteiger partial charge on any atom is -0.352 e. The molecule has 0 saturated heterocycles. The van der Waals surface area contributed by atoms with E-state index in [0.29, 0.717) is 6.04 Å². The summed E-state index contributed by atoms with van der Waals surface area (Å²) in [4.78, 5) is 22.5. The molecule has 1 saturated carbocycles. The van der Waals surface area contributed by atoms with Gasteiger partial charge in [0.05, 0.1) is 0 Å². The fraction of sp³-hybridized carbons (Fsp3) is 0.800. The van der Waals surface area contributed by atoms with E-state index < -0.39 is 12.1 Å². The molecule has 1 aliphatic rings. The lowest BCUT2D eigenvalue weighted by molar-refractivity contribution is -0.124. The monoisotopic (exact) mass is 213 g/mol. The second-order valence-electron chi connectivity index (χ2n) is 4.15. The number of nitrogens with one attached hydrogen (secondary N) is 2. The fourth-order valence-corrected chi connectivity index (χ4v) is 1.37. The Morgan fingerprint density at radius 2 is 2.07 bits per heavy atom. The van der Waals surface area contributed by atoms with Gasteiger partial charge in [0.15, 0.2) is 0 Å². The van der Waals surface area contributed by atoms with Crippen LogP contribution in [0.5, 0.6) is 0 Å². The molecule has 0 spiro atoms. The number of urea groups is 1. The van der Waals surface area contributed by atoms with E-state index in [9.17, 15) is 9.59 Å². The molecule has 1 fully saturated rings. The van der Waals surface area contributed by atoms with Crippen molar-refractivity contribution in [2.45, 2.75) is 45.2 Å². The zero-order chi connectivity index (χ0) is 11.4. The van der Waals surface area contributed by atoms with Gasteiger partial charge in [0.2, 0.25) is 5.91 Å². The third-order valence-corrected chi connectivity index (χ3v) is 2.72. The van der Waals surface area contributed by atoms with Crippen LogP contribution in [0.4, 0.5) is 4.79 Å². The molecule has 0 radical (unpaired) electrons. The van der Waals surface area contributed by atoms with Crippen LogP contribution in [0.1, 0.15) is 33.1 Å². The minimum atomic E-state index is -0.647. The number of primary amides is 1. The Morgan fingerprint density at radius 1 is 1.47 bits per heavy atom. The zero-order valence-corrected chi connectivity index (χ0v) is 9.25. The molecule has 4 N–H and O–H groups in total. The van der Waals surface area contributed by atoms with E-state index in [0.717, 1.165) is 19.3 Å². The van der Waals surface area contributed by atoms with Crippen LogP contribution >= 0.6 is 0 Å². The van der Waals surface area contributed by atoms with Gasteiger partial charge in [-0.1, -0.05) is 20.3 Å². The highest BCUT2D eigenvalue weighted by atomic mass is 16.2. The number of carbonyl (C=O) groups is 2. The molecule has 0 aromatic heterocycles. The summed E-state index contributed by atoms with van der Waals surface area (Å²) < 4.78 is 0. The van der Waals surface area contributed by atoms with Crippen LogP contribution in [-0.2, 0) is 4.79 Å². The third-order valence-electron chi connectivity index (χ3n) is 2.72. The normalized spacial score (nSPS) is 19.1. The Hall–Kier alpha value is -1.26. The van der Waals surface area contributed by atoms with E-state index in [1.54, 1.807) is 0 Å². The maximum absolute atomic E-state index is 11.7. The SMILES string of the molecule is CC[C@@H](C)[C@@H](NC(N)=O)C(=O)NC1CC1. The highest BCUT2D eigenvalue weighted by molar-refractivity contribution is 5.87. The van der Waals surface area contributed by atoms with Crippen molar-refractivity contribution >= 4 is 11.9 Å². The van der Waals surface area contributed by atoms with Gasteiger partial charge in [-0.3, -0.25) is 4.79 Å². The van der Waals surface area contributed by atoms with Gasteiger partial charge in [-0.25, -0.2) is 4.79 Å². The van der Waals surface area contributed by atoms with Crippen LogP contribution in [0.15, 0.2) is 0 Å². The summed E-state index contributed by atoms with van der Waals surface area (Å²) in [6.45, 7) is 3.90. The molecular formula is C10H19N3O2. The summed E-state index contributed by atoms with van der Waals surface area (Å²) in [5.41, 5.74) is 5.04. The Bertz CT molecular complexity index is 251. The van der Waals surface area contributed by atoms with Gasteiger partial charge in [-0.15, -0.1) is 0 Å². The summed E-state index contributed by atoms with van der Waals surface area (Å²) in [5, 5.41) is 5.36. The number of hydrogen-bond donors (Lipinski definition) is 3. The largest absolute Gasteiger partial charge is 0.352 e. The highest BCUT2D eigenvalue weighted by Gasteiger charge is 2.30. The van der Waals surface area contributed by atoms with Crippen molar-refractivity contribution in [2.24, 2.45) is 11.7 Å². The molecule has 5 nitrogen and oxygen atoms in total. The van der Waals surface area contributed by atoms with Crippen LogP contribution in [0.25, 0.3) is 0 Å². The minimum absolute atomic E-state index is 0.0937. The highest BCUT2D eigenvalue weighted by Crippen LogP contribution is 2.19. The van der Waals surface area contributed by atoms with Gasteiger partial charge >= 0.3 is 6.03 Å². The van der Waals surface area contributed by atoms with Crippen molar-refractivity contribution in [3.8, 4) is 0 Å². The first-order chi connectivity index (χ1) is 7.04. The van der Waals surface area contributed by atoms with Gasteiger partial charge in [-0.2, -0.15) is 0 Å². The second kappa shape index (κ2) is 5.00. The molecule has 0 aliphatic heterocycles. The van der Waals surface area contributed by atoms with Crippen molar-refractivity contribution in [3.05, 3.63) is 0 Å². The molecule has 86 valence electrons. The summed E-state index contributed by atoms with van der Waals surface area (Å²) in [6, 6.07) is -0.849. The number of hydrogen-bond acceptors (Lipinski definition) is 2. The van der Waals surface area contributed by atoms with Crippen LogP contribution in [0.3, 0.4) is 0 Å². The maximum Gasteiger partial charge on any atom is 0.312 e. The fourth-order valence-electron chi connectivity index (χ4n) is 1.37. The van der Waals surface area contributed by atoms with Crippen LogP contribution in [0, 0.1) is 5.92 Å². The van der Waals surface area contributed by atoms with Crippen molar-refractivity contribution in [3.63, 3.8) is 0 Å². The Balaban J connectivity index is 2.52. The lowest BCUT2D eigenvalue weighted by Gasteiger charge is -2.22. The Kier molecular flexibility index (Phi) is 3.94. The van der Waals surface area contributed by atoms with Gasteiger partial charge in [-0.05, 0) is 18.8 Å². The molecule has 1 rings (SSSR count). The van der Waals surface area contributed by atoms with Crippen LogP contribution in [-0.4, -0.2) is 24.0 Å². The number of nitrogens with two attached hydrogens (primary N) is 1. The smallest absolute Gasteiger partial charge is 0.312 e. The van der Waals surface area contributed by atoms with Gasteiger partial charge in [0.1, 0.15) is 6.04 Å². The predicted molar refractivity (Wildman–Crippen MR) is 57.1 cm³/mol. The molecule has 0 aromatic carbocycles. The number of amides is 3. The summed E-state index contributed by atoms with van der Waals surface area (Å²) in [5.74, 6) is -0.0260. The molecule has 3 amide bonds. The van der Waals surface area contributed by atoms with E-state index in [1.807, 2.05) is 13.8 Å². The van der Waals surface area contributed by atoms with Gasteiger partial charge in [0.25, 0.3) is 0 Å². The lowest BCUT2D eigenvalue weighted by Crippen LogP contribution is -2.52. The molecule has 15 heavy (non-hydrogen) atoms. The molecule has 0 unspecified atom stereocenters. The van der Waals surface area contributed by atoms with E-state index in [2.05, 4.69) is 10.6 Å². The predicted octanol–water partition coefficient (Wildman–Crippen LogP) is 0.348. The van der Waals surface area contributed by atoms with E-state index in [-0.39, 0.29) is 11.8 Å². The molecule has 5 heteroatoms. The first kappa shape index (κ1) is 11.8. The maximum atomic E-state index is 11.7. The molecule has 0 aromatic rings. The average Bonchev–Trinajstić information content (AvgIpc) is 2.96. The van der Waals surface area contributed by atoms with Crippen LogP contribution < -0.4 is 16.4 Å². The first-order valence-corrected chi connectivity index (χ1v) is 5.41. The zero-order valence-electron chi connectivity index (χ0n) is 9.25. The first-order valence-electron chi connectivity index (χ1n) is 5.41. The van der Waals surface area contributed by atoms with Crippen molar-refractivity contribution in [1.82, 2.24) is 10.6 Å². The van der Waals surface area contributed by atoms with Crippen molar-refractivity contribution in [2.75, 3.05) is 0 Å². The van der Waals surface area contributed by atoms with E-state index in [1.165, 1.54) is 0 Å². The van der Waals surface area contributed by atoms with Gasteiger partial charge in [0, 0.05) is 6.04 Å². The molecular weight excluding hydrogens is 194 g/mol. The Labute approximate surface area is 89.8 Å². The molecule has 2 atom stereocenters. The van der Waals surface area contributed by atoms with Crippen molar-refractivity contribution < 1.29 is 9.59 Å². The number of rotatable bonds is 5. The van der Waals surface area contributed by atoms with Crippen LogP contribution in [0.2, 0.25) is 0 Å². The van der Waals surface area contributed by atoms with Gasteiger partial charge < -0.3 is 16.4 Å². The average molecular weight is 213 g/mol. The molecule has 0 heterocycles. The third kappa shape index (κ3) is 3.77. The lowest BCUT2D eigenvalue weighted by atomic mass is 9.98. The standard InChI is InChI=1S/C10H19N3O2/c1-3-6(2)8(13-10(11)15)9(14)12-7-4-5-7/h6-8H,3-5H2,1-2H3,(H,12,14)(H3,11,13,15)/t6-,8-/m1/s1. The second-order valence-corrected chi connectivity index (χ2v) is 4.15. The van der Waals surface area contributed by atoms with E-state index >= 15 is 0 Å². The Morgan fingerprint density at radius 3 is 2.47 bits per heavy atom. The molecule has 0 bridgehead atoms. The van der Waals surface area contributed by atoms with Crippen molar-refractivity contribution in [1.29, 1.82) is 0 Å². The summed E-state index contributed by atoms with van der Waals surface area (Å²) >= 11 is 0. The molecule has 1 aliphatic carbocycles. The van der Waals surface area contributed by atoms with E-state index in [4.69, 9.17) is 5.73 Å². The summed E-state index contributed by atoms with van der Waals surface area (Å²) in [6.07, 6.45) is 2.90. The topological polar surface area (TPSA) is 84.2 Å².